The van der Waals surface area contributed by atoms with Crippen LogP contribution in [-0.2, 0) is 11.3 Å². The molecule has 1 saturated heterocycles. The fraction of sp³-hybridized carbons (Fsp3) is 0.667. The summed E-state index contributed by atoms with van der Waals surface area (Å²) >= 11 is 1.77. The quantitative estimate of drug-likeness (QED) is 0.928. The van der Waals surface area contributed by atoms with Crippen LogP contribution in [0.5, 0.6) is 0 Å². The Balaban J connectivity index is 1.68. The van der Waals surface area contributed by atoms with Crippen molar-refractivity contribution in [2.24, 2.45) is 5.92 Å². The zero-order chi connectivity index (χ0) is 14.6. The molecule has 4 nitrogen and oxygen atoms in total. The van der Waals surface area contributed by atoms with Gasteiger partial charge in [-0.05, 0) is 44.6 Å². The monoisotopic (exact) mass is 296 g/mol. The van der Waals surface area contributed by atoms with Crippen molar-refractivity contribution in [1.29, 1.82) is 0 Å². The molecular formula is C15H24N2O2S. The average Bonchev–Trinajstić information content (AvgIpc) is 2.97. The number of nitrogens with one attached hydrogen (secondary N) is 1. The van der Waals surface area contributed by atoms with Crippen molar-refractivity contribution in [1.82, 2.24) is 10.2 Å². The number of carbonyl (C=O) groups excluding carboxylic acids is 1. The molecule has 1 fully saturated rings. The first-order valence-corrected chi connectivity index (χ1v) is 8.03. The van der Waals surface area contributed by atoms with E-state index >= 15 is 0 Å². The first-order chi connectivity index (χ1) is 9.44. The molecule has 5 heteroatoms. The highest BCUT2D eigenvalue weighted by molar-refractivity contribution is 7.09. The smallest absolute Gasteiger partial charge is 0.410 e. The number of ether oxygens (including phenoxy) is 1. The normalized spacial score (nSPS) is 19.4. The Morgan fingerprint density at radius 1 is 1.55 bits per heavy atom. The van der Waals surface area contributed by atoms with Gasteiger partial charge in [-0.3, -0.25) is 0 Å². The van der Waals surface area contributed by atoms with E-state index in [1.54, 1.807) is 11.3 Å². The van der Waals surface area contributed by atoms with Crippen molar-refractivity contribution in [3.05, 3.63) is 22.4 Å². The molecule has 0 bridgehead atoms. The number of amides is 1. The lowest BCUT2D eigenvalue weighted by Gasteiger charge is -2.24. The molecular weight excluding hydrogens is 272 g/mol. The summed E-state index contributed by atoms with van der Waals surface area (Å²) in [6, 6.07) is 4.21. The second kappa shape index (κ2) is 6.59. The minimum Gasteiger partial charge on any atom is -0.444 e. The van der Waals surface area contributed by atoms with Gasteiger partial charge in [0.25, 0.3) is 0 Å². The Morgan fingerprint density at radius 3 is 3.00 bits per heavy atom. The van der Waals surface area contributed by atoms with Crippen molar-refractivity contribution >= 4 is 17.4 Å². The maximum absolute atomic E-state index is 12.0. The topological polar surface area (TPSA) is 41.6 Å². The Hall–Kier alpha value is -1.07. The van der Waals surface area contributed by atoms with Gasteiger partial charge in [-0.25, -0.2) is 4.79 Å². The molecule has 0 saturated carbocycles. The minimum atomic E-state index is -0.410. The van der Waals surface area contributed by atoms with E-state index in [2.05, 4.69) is 22.8 Å². The molecule has 0 aliphatic carbocycles. The highest BCUT2D eigenvalue weighted by atomic mass is 32.1. The molecule has 0 spiro atoms. The number of hydrogen-bond acceptors (Lipinski definition) is 4. The van der Waals surface area contributed by atoms with Gasteiger partial charge in [-0.1, -0.05) is 6.07 Å². The zero-order valence-electron chi connectivity index (χ0n) is 12.5. The van der Waals surface area contributed by atoms with E-state index in [0.29, 0.717) is 5.92 Å². The number of rotatable bonds is 4. The zero-order valence-corrected chi connectivity index (χ0v) is 13.3. The molecule has 112 valence electrons. The second-order valence-corrected chi connectivity index (χ2v) is 7.32. The highest BCUT2D eigenvalue weighted by Gasteiger charge is 2.29. The number of likely N-dealkylation sites (tertiary alicyclic amines) is 1. The van der Waals surface area contributed by atoms with E-state index in [4.69, 9.17) is 4.74 Å². The van der Waals surface area contributed by atoms with Crippen molar-refractivity contribution < 1.29 is 9.53 Å². The molecule has 1 aromatic heterocycles. The highest BCUT2D eigenvalue weighted by Crippen LogP contribution is 2.19. The number of hydrogen-bond donors (Lipinski definition) is 1. The molecule has 20 heavy (non-hydrogen) atoms. The van der Waals surface area contributed by atoms with E-state index < -0.39 is 5.60 Å². The summed E-state index contributed by atoms with van der Waals surface area (Å²) in [5.74, 6) is 0.530. The standard InChI is InChI=1S/C15H24N2O2S/c1-15(2,3)19-14(18)17-7-6-12(11-17)9-16-10-13-5-4-8-20-13/h4-5,8,12,16H,6-7,9-11H2,1-3H3/t12-/m1/s1. The van der Waals surface area contributed by atoms with Crippen molar-refractivity contribution in [2.75, 3.05) is 19.6 Å². The van der Waals surface area contributed by atoms with Gasteiger partial charge >= 0.3 is 6.09 Å². The van der Waals surface area contributed by atoms with Gasteiger partial charge in [0, 0.05) is 31.1 Å². The third kappa shape index (κ3) is 4.80. The van der Waals surface area contributed by atoms with E-state index in [1.807, 2.05) is 25.7 Å². The molecule has 1 atom stereocenters. The van der Waals surface area contributed by atoms with Gasteiger partial charge < -0.3 is 15.0 Å². The summed E-state index contributed by atoms with van der Waals surface area (Å²) in [5, 5.41) is 5.56. The summed E-state index contributed by atoms with van der Waals surface area (Å²) in [6.07, 6.45) is 0.870. The number of nitrogens with zero attached hydrogens (tertiary/aromatic N) is 1. The third-order valence-corrected chi connectivity index (χ3v) is 4.13. The van der Waals surface area contributed by atoms with Gasteiger partial charge in [0.2, 0.25) is 0 Å². The van der Waals surface area contributed by atoms with Gasteiger partial charge in [-0.2, -0.15) is 0 Å². The molecule has 1 N–H and O–H groups in total. The summed E-state index contributed by atoms with van der Waals surface area (Å²) < 4.78 is 5.40. The lowest BCUT2D eigenvalue weighted by Crippen LogP contribution is -2.36. The molecule has 2 heterocycles. The van der Waals surface area contributed by atoms with Crippen LogP contribution >= 0.6 is 11.3 Å². The van der Waals surface area contributed by atoms with Gasteiger partial charge in [-0.15, -0.1) is 11.3 Å². The van der Waals surface area contributed by atoms with E-state index in [-0.39, 0.29) is 6.09 Å². The molecule has 1 aliphatic heterocycles. The maximum Gasteiger partial charge on any atom is 0.410 e. The lowest BCUT2D eigenvalue weighted by molar-refractivity contribution is 0.0288. The molecule has 0 aromatic carbocycles. The third-order valence-electron chi connectivity index (χ3n) is 3.25. The lowest BCUT2D eigenvalue weighted by atomic mass is 10.1. The Labute approximate surface area is 125 Å². The minimum absolute atomic E-state index is 0.182. The summed E-state index contributed by atoms with van der Waals surface area (Å²) in [5.41, 5.74) is -0.410. The maximum atomic E-state index is 12.0. The molecule has 1 amide bonds. The van der Waals surface area contributed by atoms with E-state index in [9.17, 15) is 4.79 Å². The van der Waals surface area contributed by atoms with Crippen LogP contribution in [0.1, 0.15) is 32.1 Å². The second-order valence-electron chi connectivity index (χ2n) is 6.29. The van der Waals surface area contributed by atoms with E-state index in [1.165, 1.54) is 4.88 Å². The van der Waals surface area contributed by atoms with Crippen LogP contribution in [-0.4, -0.2) is 36.2 Å². The molecule has 0 unspecified atom stereocenters. The van der Waals surface area contributed by atoms with Crippen LogP contribution < -0.4 is 5.32 Å². The summed E-state index contributed by atoms with van der Waals surface area (Å²) in [7, 11) is 0. The number of carbonyl (C=O) groups is 1. The van der Waals surface area contributed by atoms with Crippen LogP contribution in [0, 0.1) is 5.92 Å². The SMILES string of the molecule is CC(C)(C)OC(=O)N1CC[C@H](CNCc2cccs2)C1. The van der Waals surface area contributed by atoms with Gasteiger partial charge in [0.1, 0.15) is 5.60 Å². The fourth-order valence-electron chi connectivity index (χ4n) is 2.30. The Morgan fingerprint density at radius 2 is 2.35 bits per heavy atom. The molecule has 2 rings (SSSR count). The van der Waals surface area contributed by atoms with Gasteiger partial charge in [0.05, 0.1) is 0 Å². The Kier molecular flexibility index (Phi) is 5.05. The van der Waals surface area contributed by atoms with Crippen LogP contribution in [0.2, 0.25) is 0 Å². The van der Waals surface area contributed by atoms with Crippen molar-refractivity contribution in [2.45, 2.75) is 39.3 Å². The van der Waals surface area contributed by atoms with Gasteiger partial charge in [0.15, 0.2) is 0 Å². The number of thiophene rings is 1. The average molecular weight is 296 g/mol. The van der Waals surface area contributed by atoms with E-state index in [0.717, 1.165) is 32.6 Å². The van der Waals surface area contributed by atoms with Crippen LogP contribution in [0.25, 0.3) is 0 Å². The van der Waals surface area contributed by atoms with Crippen LogP contribution in [0.15, 0.2) is 17.5 Å². The fourth-order valence-corrected chi connectivity index (χ4v) is 2.98. The molecule has 1 aromatic rings. The predicted octanol–water partition coefficient (Wildman–Crippen LogP) is 3.09. The predicted molar refractivity (Wildman–Crippen MR) is 81.9 cm³/mol. The summed E-state index contributed by atoms with van der Waals surface area (Å²) in [6.45, 7) is 9.19. The first kappa shape index (κ1) is 15.3. The molecule has 1 aliphatic rings. The first-order valence-electron chi connectivity index (χ1n) is 7.15. The van der Waals surface area contributed by atoms with Crippen LogP contribution in [0.3, 0.4) is 0 Å². The summed E-state index contributed by atoms with van der Waals surface area (Å²) in [4.78, 5) is 15.1. The van der Waals surface area contributed by atoms with Crippen molar-refractivity contribution in [3.8, 4) is 0 Å². The van der Waals surface area contributed by atoms with Crippen LogP contribution in [0.4, 0.5) is 4.79 Å². The molecule has 0 radical (unpaired) electrons. The van der Waals surface area contributed by atoms with Crippen molar-refractivity contribution in [3.63, 3.8) is 0 Å². The largest absolute Gasteiger partial charge is 0.444 e. The Bertz CT molecular complexity index is 426.